The van der Waals surface area contributed by atoms with Crippen molar-refractivity contribution < 1.29 is 14.4 Å². The van der Waals surface area contributed by atoms with Crippen molar-refractivity contribution in [3.63, 3.8) is 0 Å². The molecule has 0 aliphatic rings. The standard InChI is InChI=1S/C10H8BrNO3/c1-5(10(13)14)9-7-3-2-6(11)4-8(7)12-15-9/h2-5H,1H3,(H,13,14). The molecular formula is C10H8BrNO3. The van der Waals surface area contributed by atoms with Crippen molar-refractivity contribution >= 4 is 32.8 Å². The van der Waals surface area contributed by atoms with Gasteiger partial charge in [0, 0.05) is 9.86 Å². The minimum Gasteiger partial charge on any atom is -0.481 e. The fourth-order valence-electron chi connectivity index (χ4n) is 1.36. The first-order valence-corrected chi connectivity index (χ1v) is 5.16. The zero-order valence-electron chi connectivity index (χ0n) is 7.90. The fourth-order valence-corrected chi connectivity index (χ4v) is 1.71. The number of hydrogen-bond donors (Lipinski definition) is 1. The first-order valence-electron chi connectivity index (χ1n) is 4.37. The van der Waals surface area contributed by atoms with Crippen LogP contribution in [0.1, 0.15) is 18.6 Å². The Kier molecular flexibility index (Phi) is 2.48. The first-order chi connectivity index (χ1) is 7.09. The Morgan fingerprint density at radius 2 is 2.33 bits per heavy atom. The summed E-state index contributed by atoms with van der Waals surface area (Å²) in [5.74, 6) is -1.21. The van der Waals surface area contributed by atoms with Crippen molar-refractivity contribution in [1.82, 2.24) is 5.16 Å². The van der Waals surface area contributed by atoms with Crippen LogP contribution in [0.2, 0.25) is 0 Å². The summed E-state index contributed by atoms with van der Waals surface area (Å²) in [6.45, 7) is 1.57. The lowest BCUT2D eigenvalue weighted by Gasteiger charge is -2.00. The Morgan fingerprint density at radius 3 is 3.00 bits per heavy atom. The van der Waals surface area contributed by atoms with Crippen LogP contribution in [-0.4, -0.2) is 16.2 Å². The van der Waals surface area contributed by atoms with E-state index in [2.05, 4.69) is 21.1 Å². The van der Waals surface area contributed by atoms with Gasteiger partial charge in [-0.1, -0.05) is 21.1 Å². The van der Waals surface area contributed by atoms with Gasteiger partial charge in [0.1, 0.15) is 11.4 Å². The molecule has 5 heteroatoms. The molecule has 1 aromatic carbocycles. The SMILES string of the molecule is CC(C(=O)O)c1onc2cc(Br)ccc12. The summed E-state index contributed by atoms with van der Waals surface area (Å²) < 4.78 is 5.93. The van der Waals surface area contributed by atoms with Crippen molar-refractivity contribution in [2.45, 2.75) is 12.8 Å². The van der Waals surface area contributed by atoms with Crippen molar-refractivity contribution in [1.29, 1.82) is 0 Å². The normalized spacial score (nSPS) is 12.9. The molecule has 1 aromatic heterocycles. The van der Waals surface area contributed by atoms with E-state index in [-0.39, 0.29) is 0 Å². The quantitative estimate of drug-likeness (QED) is 0.911. The van der Waals surface area contributed by atoms with Crippen LogP contribution < -0.4 is 0 Å². The molecule has 15 heavy (non-hydrogen) atoms. The Morgan fingerprint density at radius 1 is 1.60 bits per heavy atom. The second-order valence-corrected chi connectivity index (χ2v) is 4.18. The molecule has 2 rings (SSSR count). The zero-order chi connectivity index (χ0) is 11.0. The molecule has 0 bridgehead atoms. The summed E-state index contributed by atoms with van der Waals surface area (Å²) in [4.78, 5) is 10.8. The maximum absolute atomic E-state index is 10.8. The summed E-state index contributed by atoms with van der Waals surface area (Å²) in [6.07, 6.45) is 0. The number of halogens is 1. The van der Waals surface area contributed by atoms with E-state index >= 15 is 0 Å². The van der Waals surface area contributed by atoms with Gasteiger partial charge in [-0.2, -0.15) is 0 Å². The third kappa shape index (κ3) is 1.74. The summed E-state index contributed by atoms with van der Waals surface area (Å²) >= 11 is 3.31. The molecule has 1 unspecified atom stereocenters. The number of carboxylic acid groups (broad SMARTS) is 1. The number of hydrogen-bond acceptors (Lipinski definition) is 3. The molecule has 1 heterocycles. The lowest BCUT2D eigenvalue weighted by atomic mass is 10.1. The molecule has 78 valence electrons. The minimum atomic E-state index is -0.920. The largest absolute Gasteiger partial charge is 0.481 e. The topological polar surface area (TPSA) is 63.3 Å². The molecule has 0 radical (unpaired) electrons. The predicted octanol–water partition coefficient (Wildman–Crippen LogP) is 2.78. The Balaban J connectivity index is 2.59. The van der Waals surface area contributed by atoms with Crippen molar-refractivity contribution in [3.05, 3.63) is 28.4 Å². The monoisotopic (exact) mass is 269 g/mol. The van der Waals surface area contributed by atoms with Crippen LogP contribution in [0.4, 0.5) is 0 Å². The molecule has 4 nitrogen and oxygen atoms in total. The Labute approximate surface area is 94.0 Å². The van der Waals surface area contributed by atoms with Gasteiger partial charge >= 0.3 is 5.97 Å². The molecule has 0 spiro atoms. The van der Waals surface area contributed by atoms with Crippen molar-refractivity contribution in [2.24, 2.45) is 0 Å². The van der Waals surface area contributed by atoms with E-state index in [1.54, 1.807) is 19.1 Å². The number of carbonyl (C=O) groups is 1. The van der Waals surface area contributed by atoms with Crippen LogP contribution in [0.15, 0.2) is 27.2 Å². The van der Waals surface area contributed by atoms with E-state index in [0.29, 0.717) is 11.3 Å². The summed E-state index contributed by atoms with van der Waals surface area (Å²) in [6, 6.07) is 5.42. The van der Waals surface area contributed by atoms with E-state index < -0.39 is 11.9 Å². The highest BCUT2D eigenvalue weighted by molar-refractivity contribution is 9.10. The summed E-state index contributed by atoms with van der Waals surface area (Å²) in [5, 5.41) is 13.4. The van der Waals surface area contributed by atoms with Gasteiger partial charge < -0.3 is 9.63 Å². The second-order valence-electron chi connectivity index (χ2n) is 3.27. The number of carboxylic acids is 1. The lowest BCUT2D eigenvalue weighted by Crippen LogP contribution is -2.06. The van der Waals surface area contributed by atoms with Crippen LogP contribution >= 0.6 is 15.9 Å². The molecule has 0 aliphatic carbocycles. The molecule has 1 N–H and O–H groups in total. The number of fused-ring (bicyclic) bond motifs is 1. The fraction of sp³-hybridized carbons (Fsp3) is 0.200. The van der Waals surface area contributed by atoms with Crippen molar-refractivity contribution in [2.75, 3.05) is 0 Å². The number of aliphatic carboxylic acids is 1. The first kappa shape index (κ1) is 10.2. The molecule has 1 atom stereocenters. The highest BCUT2D eigenvalue weighted by atomic mass is 79.9. The van der Waals surface area contributed by atoms with Gasteiger partial charge in [0.25, 0.3) is 0 Å². The second kappa shape index (κ2) is 3.66. The molecule has 2 aromatic rings. The van der Waals surface area contributed by atoms with Crippen LogP contribution in [0.5, 0.6) is 0 Å². The molecule has 0 fully saturated rings. The van der Waals surface area contributed by atoms with E-state index in [1.807, 2.05) is 6.07 Å². The average Bonchev–Trinajstić information content (AvgIpc) is 2.59. The average molecular weight is 270 g/mol. The van der Waals surface area contributed by atoms with Crippen LogP contribution in [-0.2, 0) is 4.79 Å². The third-order valence-corrected chi connectivity index (χ3v) is 2.72. The number of rotatable bonds is 2. The maximum atomic E-state index is 10.8. The van der Waals surface area contributed by atoms with Gasteiger partial charge in [-0.3, -0.25) is 4.79 Å². The molecule has 0 saturated carbocycles. The van der Waals surface area contributed by atoms with Gasteiger partial charge in [-0.25, -0.2) is 0 Å². The van der Waals surface area contributed by atoms with E-state index in [9.17, 15) is 4.79 Å². The minimum absolute atomic E-state index is 0.394. The van der Waals surface area contributed by atoms with Gasteiger partial charge in [-0.05, 0) is 25.1 Å². The smallest absolute Gasteiger partial charge is 0.314 e. The third-order valence-electron chi connectivity index (χ3n) is 2.23. The predicted molar refractivity (Wildman–Crippen MR) is 57.8 cm³/mol. The van der Waals surface area contributed by atoms with Gasteiger partial charge in [-0.15, -0.1) is 0 Å². The zero-order valence-corrected chi connectivity index (χ0v) is 9.48. The van der Waals surface area contributed by atoms with Crippen molar-refractivity contribution in [3.8, 4) is 0 Å². The molecule has 0 aliphatic heterocycles. The number of aromatic nitrogens is 1. The van der Waals surface area contributed by atoms with Crippen LogP contribution in [0, 0.1) is 0 Å². The van der Waals surface area contributed by atoms with Crippen LogP contribution in [0.3, 0.4) is 0 Å². The summed E-state index contributed by atoms with van der Waals surface area (Å²) in [7, 11) is 0. The van der Waals surface area contributed by atoms with Gasteiger partial charge in [0.15, 0.2) is 5.76 Å². The van der Waals surface area contributed by atoms with Crippen LogP contribution in [0.25, 0.3) is 10.9 Å². The van der Waals surface area contributed by atoms with Gasteiger partial charge in [0.2, 0.25) is 0 Å². The highest BCUT2D eigenvalue weighted by Gasteiger charge is 2.21. The molecule has 0 saturated heterocycles. The lowest BCUT2D eigenvalue weighted by molar-refractivity contribution is -0.138. The highest BCUT2D eigenvalue weighted by Crippen LogP contribution is 2.27. The molecular weight excluding hydrogens is 262 g/mol. The molecule has 0 amide bonds. The van der Waals surface area contributed by atoms with E-state index in [1.165, 1.54) is 0 Å². The van der Waals surface area contributed by atoms with Gasteiger partial charge in [0.05, 0.1) is 0 Å². The number of nitrogens with zero attached hydrogens (tertiary/aromatic N) is 1. The maximum Gasteiger partial charge on any atom is 0.314 e. The summed E-state index contributed by atoms with van der Waals surface area (Å²) in [5.41, 5.74) is 0.660. The Bertz CT molecular complexity index is 520. The Hall–Kier alpha value is -1.36. The van der Waals surface area contributed by atoms with E-state index in [0.717, 1.165) is 9.86 Å². The van der Waals surface area contributed by atoms with E-state index in [4.69, 9.17) is 9.63 Å². The number of benzene rings is 1.